The Labute approximate surface area is 130 Å². The van der Waals surface area contributed by atoms with Gasteiger partial charge in [0.15, 0.2) is 0 Å². The summed E-state index contributed by atoms with van der Waals surface area (Å²) in [4.78, 5) is 26.6. The molecule has 0 atom stereocenters. The van der Waals surface area contributed by atoms with E-state index in [2.05, 4.69) is 10.3 Å². The molecule has 2 aromatic heterocycles. The molecule has 1 amide bonds. The number of unbranched alkanes of at least 4 members (excludes halogenated alkanes) is 2. The molecule has 0 aliphatic heterocycles. The molecule has 21 heavy (non-hydrogen) atoms. The van der Waals surface area contributed by atoms with Crippen LogP contribution in [0, 0.1) is 0 Å². The lowest BCUT2D eigenvalue weighted by molar-refractivity contribution is -0.137. The number of amides is 1. The second-order valence-corrected chi connectivity index (χ2v) is 6.15. The smallest absolute Gasteiger partial charge is 0.303 e. The van der Waals surface area contributed by atoms with Gasteiger partial charge in [-0.2, -0.15) is 11.3 Å². The highest BCUT2D eigenvalue weighted by atomic mass is 32.1. The van der Waals surface area contributed by atoms with Crippen molar-refractivity contribution in [1.29, 1.82) is 0 Å². The molecule has 7 heteroatoms. The molecular formula is C14H16N2O3S2. The summed E-state index contributed by atoms with van der Waals surface area (Å²) in [5, 5.41) is 17.9. The van der Waals surface area contributed by atoms with E-state index in [1.165, 1.54) is 11.3 Å². The van der Waals surface area contributed by atoms with Crippen LogP contribution in [0.3, 0.4) is 0 Å². The summed E-state index contributed by atoms with van der Waals surface area (Å²) in [5.41, 5.74) is 1.48. The second kappa shape index (κ2) is 7.90. The molecule has 0 spiro atoms. The molecular weight excluding hydrogens is 308 g/mol. The van der Waals surface area contributed by atoms with Crippen molar-refractivity contribution >= 4 is 34.6 Å². The van der Waals surface area contributed by atoms with E-state index in [0.29, 0.717) is 18.7 Å². The van der Waals surface area contributed by atoms with E-state index < -0.39 is 5.97 Å². The number of thiazole rings is 1. The molecule has 2 heterocycles. The number of aliphatic carboxylic acids is 1. The lowest BCUT2D eigenvalue weighted by Gasteiger charge is -2.02. The molecule has 0 saturated carbocycles. The minimum atomic E-state index is -0.775. The third-order valence-corrected chi connectivity index (χ3v) is 4.43. The Morgan fingerprint density at radius 3 is 2.81 bits per heavy atom. The Bertz CT molecular complexity index is 593. The van der Waals surface area contributed by atoms with Crippen LogP contribution in [-0.4, -0.2) is 28.5 Å². The summed E-state index contributed by atoms with van der Waals surface area (Å²) in [6.07, 6.45) is 2.40. The van der Waals surface area contributed by atoms with E-state index in [1.54, 1.807) is 16.7 Å². The standard InChI is InChI=1S/C14H16N2O3S2/c17-12(18)4-2-1-3-6-15-13(19)11-9-21-14(16-11)10-5-7-20-8-10/h5,7-9H,1-4,6H2,(H,15,19)(H,17,18). The van der Waals surface area contributed by atoms with Crippen molar-refractivity contribution in [3.05, 3.63) is 27.9 Å². The average molecular weight is 324 g/mol. The monoisotopic (exact) mass is 324 g/mol. The minimum Gasteiger partial charge on any atom is -0.481 e. The predicted molar refractivity (Wildman–Crippen MR) is 83.9 cm³/mol. The molecule has 0 saturated heterocycles. The molecule has 0 radical (unpaired) electrons. The molecule has 0 bridgehead atoms. The first-order chi connectivity index (χ1) is 10.2. The zero-order chi connectivity index (χ0) is 15.1. The lowest BCUT2D eigenvalue weighted by Crippen LogP contribution is -2.24. The van der Waals surface area contributed by atoms with Crippen molar-refractivity contribution in [1.82, 2.24) is 10.3 Å². The van der Waals surface area contributed by atoms with E-state index in [9.17, 15) is 9.59 Å². The number of hydrogen-bond donors (Lipinski definition) is 2. The van der Waals surface area contributed by atoms with E-state index >= 15 is 0 Å². The van der Waals surface area contributed by atoms with Crippen molar-refractivity contribution in [2.75, 3.05) is 6.54 Å². The maximum absolute atomic E-state index is 11.9. The van der Waals surface area contributed by atoms with Gasteiger partial charge in [-0.1, -0.05) is 6.42 Å². The first kappa shape index (κ1) is 15.7. The largest absolute Gasteiger partial charge is 0.481 e. The van der Waals surface area contributed by atoms with Gasteiger partial charge in [0.2, 0.25) is 0 Å². The quantitative estimate of drug-likeness (QED) is 0.731. The van der Waals surface area contributed by atoms with Gasteiger partial charge in [0, 0.05) is 29.3 Å². The molecule has 2 aromatic rings. The summed E-state index contributed by atoms with van der Waals surface area (Å²) in [7, 11) is 0. The highest BCUT2D eigenvalue weighted by Crippen LogP contribution is 2.25. The molecule has 112 valence electrons. The van der Waals surface area contributed by atoms with E-state index in [4.69, 9.17) is 5.11 Å². The minimum absolute atomic E-state index is 0.175. The number of carboxylic acid groups (broad SMARTS) is 1. The number of nitrogens with zero attached hydrogens (tertiary/aromatic N) is 1. The zero-order valence-corrected chi connectivity index (χ0v) is 13.0. The molecule has 0 aliphatic rings. The molecule has 2 N–H and O–H groups in total. The van der Waals surface area contributed by atoms with Crippen LogP contribution in [0.5, 0.6) is 0 Å². The highest BCUT2D eigenvalue weighted by molar-refractivity contribution is 7.14. The summed E-state index contributed by atoms with van der Waals surface area (Å²) in [6, 6.07) is 1.98. The van der Waals surface area contributed by atoms with E-state index in [1.807, 2.05) is 16.8 Å². The average Bonchev–Trinajstić information content (AvgIpc) is 3.11. The van der Waals surface area contributed by atoms with Gasteiger partial charge >= 0.3 is 5.97 Å². The molecule has 0 fully saturated rings. The third-order valence-electron chi connectivity index (χ3n) is 2.86. The van der Waals surface area contributed by atoms with Crippen LogP contribution in [0.1, 0.15) is 36.2 Å². The van der Waals surface area contributed by atoms with Crippen molar-refractivity contribution in [3.8, 4) is 10.6 Å². The van der Waals surface area contributed by atoms with Crippen molar-refractivity contribution in [3.63, 3.8) is 0 Å². The highest BCUT2D eigenvalue weighted by Gasteiger charge is 2.11. The maximum Gasteiger partial charge on any atom is 0.303 e. The number of rotatable bonds is 8. The van der Waals surface area contributed by atoms with Gasteiger partial charge in [0.1, 0.15) is 10.7 Å². The number of carbonyl (C=O) groups is 2. The molecule has 0 unspecified atom stereocenters. The number of hydrogen-bond acceptors (Lipinski definition) is 5. The topological polar surface area (TPSA) is 79.3 Å². The normalized spacial score (nSPS) is 10.5. The molecule has 5 nitrogen and oxygen atoms in total. The van der Waals surface area contributed by atoms with Crippen molar-refractivity contribution in [2.45, 2.75) is 25.7 Å². The number of carbonyl (C=O) groups excluding carboxylic acids is 1. The number of aromatic nitrogens is 1. The summed E-state index contributed by atoms with van der Waals surface area (Å²) in [6.45, 7) is 0.545. The van der Waals surface area contributed by atoms with Gasteiger partial charge in [0.25, 0.3) is 5.91 Å². The fraction of sp³-hybridized carbons (Fsp3) is 0.357. The second-order valence-electron chi connectivity index (χ2n) is 4.51. The number of carboxylic acids is 1. The third kappa shape index (κ3) is 4.95. The van der Waals surface area contributed by atoms with E-state index in [-0.39, 0.29) is 12.3 Å². The fourth-order valence-corrected chi connectivity index (χ4v) is 3.28. The molecule has 0 aromatic carbocycles. The van der Waals surface area contributed by atoms with Gasteiger partial charge in [-0.25, -0.2) is 4.98 Å². The van der Waals surface area contributed by atoms with E-state index in [0.717, 1.165) is 23.4 Å². The summed E-state index contributed by atoms with van der Waals surface area (Å²) in [5.74, 6) is -0.951. The summed E-state index contributed by atoms with van der Waals surface area (Å²) >= 11 is 3.06. The first-order valence-electron chi connectivity index (χ1n) is 6.65. The maximum atomic E-state index is 11.9. The predicted octanol–water partition coefficient (Wildman–Crippen LogP) is 3.25. The lowest BCUT2D eigenvalue weighted by atomic mass is 10.2. The Hall–Kier alpha value is -1.73. The Morgan fingerprint density at radius 1 is 1.24 bits per heavy atom. The summed E-state index contributed by atoms with van der Waals surface area (Å²) < 4.78 is 0. The SMILES string of the molecule is O=C(O)CCCCCNC(=O)c1csc(-c2ccsc2)n1. The molecule has 2 rings (SSSR count). The van der Waals surface area contributed by atoms with Crippen LogP contribution in [0.2, 0.25) is 0 Å². The Balaban J connectivity index is 1.73. The van der Waals surface area contributed by atoms with Crippen molar-refractivity contribution in [2.24, 2.45) is 0 Å². The Kier molecular flexibility index (Phi) is 5.89. The van der Waals surface area contributed by atoms with Gasteiger partial charge in [-0.15, -0.1) is 11.3 Å². The van der Waals surface area contributed by atoms with Gasteiger partial charge < -0.3 is 10.4 Å². The molecule has 0 aliphatic carbocycles. The van der Waals surface area contributed by atoms with Crippen LogP contribution in [0.15, 0.2) is 22.2 Å². The van der Waals surface area contributed by atoms with Gasteiger partial charge in [0.05, 0.1) is 0 Å². The van der Waals surface area contributed by atoms with Crippen molar-refractivity contribution < 1.29 is 14.7 Å². The van der Waals surface area contributed by atoms with Crippen LogP contribution >= 0.6 is 22.7 Å². The number of nitrogens with one attached hydrogen (secondary N) is 1. The van der Waals surface area contributed by atoms with Crippen LogP contribution in [-0.2, 0) is 4.79 Å². The Morgan fingerprint density at radius 2 is 2.10 bits per heavy atom. The van der Waals surface area contributed by atoms with Gasteiger partial charge in [-0.05, 0) is 24.3 Å². The van der Waals surface area contributed by atoms with Crippen LogP contribution in [0.25, 0.3) is 10.6 Å². The van der Waals surface area contributed by atoms with Gasteiger partial charge in [-0.3, -0.25) is 9.59 Å². The first-order valence-corrected chi connectivity index (χ1v) is 8.47. The fourth-order valence-electron chi connectivity index (χ4n) is 1.77. The zero-order valence-electron chi connectivity index (χ0n) is 11.4. The van der Waals surface area contributed by atoms with Crippen LogP contribution in [0.4, 0.5) is 0 Å². The number of thiophene rings is 1. The van der Waals surface area contributed by atoms with Crippen LogP contribution < -0.4 is 5.32 Å².